The summed E-state index contributed by atoms with van der Waals surface area (Å²) in [5, 5.41) is 4.52. The molecule has 0 spiro atoms. The lowest BCUT2D eigenvalue weighted by atomic mass is 10.1. The van der Waals surface area contributed by atoms with Crippen LogP contribution in [-0.2, 0) is 6.54 Å². The van der Waals surface area contributed by atoms with E-state index in [0.29, 0.717) is 6.54 Å². The first-order valence-electron chi connectivity index (χ1n) is 11.7. The van der Waals surface area contributed by atoms with Crippen molar-refractivity contribution in [3.8, 4) is 5.75 Å². The summed E-state index contributed by atoms with van der Waals surface area (Å²) in [6.07, 6.45) is 0. The van der Waals surface area contributed by atoms with Crippen molar-refractivity contribution >= 4 is 28.0 Å². The third kappa shape index (κ3) is 4.63. The molecule has 0 amide bonds. The summed E-state index contributed by atoms with van der Waals surface area (Å²) in [5.74, 6) is 0.779. The van der Waals surface area contributed by atoms with E-state index in [1.54, 1.807) is 17.7 Å². The number of fused-ring (bicyclic) bond motifs is 1. The molecule has 5 rings (SSSR count). The molecule has 34 heavy (non-hydrogen) atoms. The number of piperazine rings is 1. The zero-order chi connectivity index (χ0) is 23.5. The maximum atomic E-state index is 12.8. The number of aromatic nitrogens is 1. The van der Waals surface area contributed by atoms with Crippen LogP contribution < -0.4 is 20.5 Å². The van der Waals surface area contributed by atoms with E-state index in [2.05, 4.69) is 58.6 Å². The molecule has 1 saturated heterocycles. The molecule has 1 aliphatic heterocycles. The highest BCUT2D eigenvalue weighted by atomic mass is 16.5. The molecule has 0 atom stereocenters. The van der Waals surface area contributed by atoms with Crippen molar-refractivity contribution in [2.75, 3.05) is 50.6 Å². The van der Waals surface area contributed by atoms with Gasteiger partial charge in [-0.3, -0.25) is 4.79 Å². The Morgan fingerprint density at radius 2 is 1.56 bits per heavy atom. The predicted molar refractivity (Wildman–Crippen MR) is 140 cm³/mol. The number of anilines is 3. The van der Waals surface area contributed by atoms with Crippen molar-refractivity contribution in [3.05, 3.63) is 94.8 Å². The largest absolute Gasteiger partial charge is 0.496 e. The fraction of sp³-hybridized carbons (Fsp3) is 0.250. The smallest absolute Gasteiger partial charge is 0.251 e. The van der Waals surface area contributed by atoms with Crippen LogP contribution in [0.15, 0.2) is 83.7 Å². The van der Waals surface area contributed by atoms with Gasteiger partial charge in [0.15, 0.2) is 0 Å². The maximum Gasteiger partial charge on any atom is 0.251 e. The van der Waals surface area contributed by atoms with Gasteiger partial charge in [0, 0.05) is 54.9 Å². The van der Waals surface area contributed by atoms with E-state index in [1.807, 2.05) is 36.4 Å². The average Bonchev–Trinajstić information content (AvgIpc) is 2.87. The lowest BCUT2D eigenvalue weighted by Gasteiger charge is -2.34. The van der Waals surface area contributed by atoms with Gasteiger partial charge in [-0.05, 0) is 61.0 Å². The summed E-state index contributed by atoms with van der Waals surface area (Å²) < 4.78 is 7.30. The van der Waals surface area contributed by atoms with Gasteiger partial charge in [0.25, 0.3) is 5.56 Å². The van der Waals surface area contributed by atoms with E-state index in [1.165, 1.54) is 5.69 Å². The zero-order valence-electron chi connectivity index (χ0n) is 19.7. The number of methoxy groups -OCH3 is 1. The fourth-order valence-electron chi connectivity index (χ4n) is 4.52. The molecular weight excluding hydrogens is 424 g/mol. The minimum Gasteiger partial charge on any atom is -0.496 e. The van der Waals surface area contributed by atoms with Gasteiger partial charge in [-0.15, -0.1) is 0 Å². The van der Waals surface area contributed by atoms with Crippen molar-refractivity contribution in [2.45, 2.75) is 6.54 Å². The molecule has 1 aliphatic rings. The highest BCUT2D eigenvalue weighted by molar-refractivity contribution is 5.84. The normalized spacial score (nSPS) is 14.4. The lowest BCUT2D eigenvalue weighted by Crippen LogP contribution is -2.44. The van der Waals surface area contributed by atoms with Crippen LogP contribution in [-0.4, -0.2) is 49.8 Å². The predicted octanol–water partition coefficient (Wildman–Crippen LogP) is 4.55. The third-order valence-electron chi connectivity index (χ3n) is 6.54. The first-order valence-corrected chi connectivity index (χ1v) is 11.7. The average molecular weight is 455 g/mol. The number of rotatable bonds is 6. The molecule has 0 radical (unpaired) electrons. The second-order valence-corrected chi connectivity index (χ2v) is 8.81. The second kappa shape index (κ2) is 9.61. The highest BCUT2D eigenvalue weighted by Gasteiger charge is 2.14. The third-order valence-corrected chi connectivity index (χ3v) is 6.54. The Hall–Kier alpha value is -3.77. The highest BCUT2D eigenvalue weighted by Crippen LogP contribution is 2.26. The van der Waals surface area contributed by atoms with Crippen molar-refractivity contribution in [3.63, 3.8) is 0 Å². The number of hydrogen-bond acceptors (Lipinski definition) is 5. The zero-order valence-corrected chi connectivity index (χ0v) is 19.7. The van der Waals surface area contributed by atoms with Gasteiger partial charge in [0.05, 0.1) is 19.2 Å². The Morgan fingerprint density at radius 3 is 2.32 bits per heavy atom. The number of pyridine rings is 1. The Labute approximate surface area is 200 Å². The van der Waals surface area contributed by atoms with Gasteiger partial charge < -0.3 is 24.4 Å². The molecule has 1 N–H and O–H groups in total. The van der Waals surface area contributed by atoms with Crippen molar-refractivity contribution in [1.29, 1.82) is 0 Å². The topological polar surface area (TPSA) is 49.7 Å². The number of likely N-dealkylation sites (N-methyl/N-ethyl adjacent to an activating group) is 1. The lowest BCUT2D eigenvalue weighted by molar-refractivity contribution is 0.313. The van der Waals surface area contributed by atoms with Gasteiger partial charge in [0.1, 0.15) is 5.75 Å². The molecule has 174 valence electrons. The van der Waals surface area contributed by atoms with E-state index >= 15 is 0 Å². The van der Waals surface area contributed by atoms with Crippen LogP contribution in [0.3, 0.4) is 0 Å². The van der Waals surface area contributed by atoms with Crippen LogP contribution in [0.25, 0.3) is 10.9 Å². The summed E-state index contributed by atoms with van der Waals surface area (Å²) in [6, 6.07) is 26.0. The minimum absolute atomic E-state index is 0.0351. The maximum absolute atomic E-state index is 12.8. The number of benzene rings is 3. The quantitative estimate of drug-likeness (QED) is 0.463. The van der Waals surface area contributed by atoms with Gasteiger partial charge in [0.2, 0.25) is 0 Å². The fourth-order valence-corrected chi connectivity index (χ4v) is 4.52. The molecular formula is C28H30N4O2. The van der Waals surface area contributed by atoms with Gasteiger partial charge in [-0.1, -0.05) is 24.3 Å². The van der Waals surface area contributed by atoms with E-state index < -0.39 is 0 Å². The van der Waals surface area contributed by atoms with E-state index in [4.69, 9.17) is 4.74 Å². The Bertz CT molecular complexity index is 1340. The Morgan fingerprint density at radius 1 is 0.853 bits per heavy atom. The van der Waals surface area contributed by atoms with Crippen LogP contribution in [0, 0.1) is 0 Å². The van der Waals surface area contributed by atoms with E-state index in [0.717, 1.165) is 59.8 Å². The Balaban J connectivity index is 1.40. The molecule has 0 unspecified atom stereocenters. The standard InChI is InChI=1S/C28H30N4O2/c1-30-15-17-31(18-16-30)25-12-10-23(11-13-25)29-24-9-7-21-8-14-28(33)32(26(21)19-24)20-22-5-3-4-6-27(22)34-2/h3-14,19,29H,15-18,20H2,1-2H3. The number of para-hydroxylation sites is 1. The molecule has 0 bridgehead atoms. The molecule has 0 saturated carbocycles. The van der Waals surface area contributed by atoms with Crippen molar-refractivity contribution in [1.82, 2.24) is 9.47 Å². The van der Waals surface area contributed by atoms with Gasteiger partial charge >= 0.3 is 0 Å². The first-order chi connectivity index (χ1) is 16.6. The summed E-state index contributed by atoms with van der Waals surface area (Å²) in [5.41, 5.74) is 5.04. The van der Waals surface area contributed by atoms with Crippen LogP contribution >= 0.6 is 0 Å². The molecule has 0 aliphatic carbocycles. The molecule has 6 heteroatoms. The minimum atomic E-state index is -0.0351. The number of ether oxygens (including phenoxy) is 1. The molecule has 1 aromatic heterocycles. The molecule has 1 fully saturated rings. The number of nitrogens with zero attached hydrogens (tertiary/aromatic N) is 3. The summed E-state index contributed by atoms with van der Waals surface area (Å²) in [7, 11) is 3.82. The molecule has 3 aromatic carbocycles. The molecule has 2 heterocycles. The first kappa shape index (κ1) is 22.0. The number of hydrogen-bond donors (Lipinski definition) is 1. The van der Waals surface area contributed by atoms with Crippen LogP contribution in [0.5, 0.6) is 5.75 Å². The van der Waals surface area contributed by atoms with Crippen LogP contribution in [0.1, 0.15) is 5.56 Å². The van der Waals surface area contributed by atoms with Gasteiger partial charge in [-0.25, -0.2) is 0 Å². The Kier molecular flexibility index (Phi) is 6.23. The second-order valence-electron chi connectivity index (χ2n) is 8.81. The van der Waals surface area contributed by atoms with Crippen molar-refractivity contribution < 1.29 is 4.74 Å². The summed E-state index contributed by atoms with van der Waals surface area (Å²) in [4.78, 5) is 17.6. The molecule has 6 nitrogen and oxygen atoms in total. The van der Waals surface area contributed by atoms with E-state index in [-0.39, 0.29) is 5.56 Å². The van der Waals surface area contributed by atoms with Crippen LogP contribution in [0.4, 0.5) is 17.1 Å². The van der Waals surface area contributed by atoms with Gasteiger partial charge in [-0.2, -0.15) is 0 Å². The monoisotopic (exact) mass is 454 g/mol. The SMILES string of the molecule is COc1ccccc1Cn1c(=O)ccc2ccc(Nc3ccc(N4CCN(C)CC4)cc3)cc21. The number of nitrogens with one attached hydrogen (secondary N) is 1. The van der Waals surface area contributed by atoms with Crippen molar-refractivity contribution in [2.24, 2.45) is 0 Å². The molecule has 4 aromatic rings. The van der Waals surface area contributed by atoms with Crippen LogP contribution in [0.2, 0.25) is 0 Å². The summed E-state index contributed by atoms with van der Waals surface area (Å²) in [6.45, 7) is 4.74. The summed E-state index contributed by atoms with van der Waals surface area (Å²) >= 11 is 0. The van der Waals surface area contributed by atoms with E-state index in [9.17, 15) is 4.79 Å².